The summed E-state index contributed by atoms with van der Waals surface area (Å²) in [4.78, 5) is 4.81. The summed E-state index contributed by atoms with van der Waals surface area (Å²) < 4.78 is 0. The number of aliphatic hydroxyl groups is 1. The molecule has 2 nitrogen and oxygen atoms in total. The predicted octanol–water partition coefficient (Wildman–Crippen LogP) is 1.82. The van der Waals surface area contributed by atoms with Crippen LogP contribution in [-0.2, 0) is 0 Å². The molecule has 1 aromatic rings. The molecule has 0 saturated heterocycles. The molecule has 0 fully saturated rings. The Morgan fingerprint density at radius 3 is 3.09 bits per heavy atom. The van der Waals surface area contributed by atoms with Crippen molar-refractivity contribution in [2.24, 2.45) is 0 Å². The average Bonchev–Trinajstić information content (AvgIpc) is 2.03. The van der Waals surface area contributed by atoms with E-state index in [0.29, 0.717) is 10.8 Å². The largest absolute Gasteiger partial charge is 0.396 e. The lowest BCUT2D eigenvalue weighted by Crippen LogP contribution is -1.86. The molecule has 0 aliphatic rings. The van der Waals surface area contributed by atoms with Crippen LogP contribution in [0.15, 0.2) is 23.4 Å². The highest BCUT2D eigenvalue weighted by molar-refractivity contribution is 7.99. The molecule has 0 radical (unpaired) electrons. The molecular formula is C7H8ClNOS. The number of pyridine rings is 1. The molecule has 0 bridgehead atoms. The highest BCUT2D eigenvalue weighted by atomic mass is 35.5. The second-order valence-electron chi connectivity index (χ2n) is 1.88. The third-order valence-corrected chi connectivity index (χ3v) is 2.55. The van der Waals surface area contributed by atoms with Gasteiger partial charge in [0, 0.05) is 23.0 Å². The minimum atomic E-state index is 0.170. The van der Waals surface area contributed by atoms with Gasteiger partial charge in [0.2, 0.25) is 0 Å². The monoisotopic (exact) mass is 189 g/mol. The van der Waals surface area contributed by atoms with Gasteiger partial charge in [-0.1, -0.05) is 11.6 Å². The SMILES string of the molecule is OCCSc1ccncc1Cl. The van der Waals surface area contributed by atoms with E-state index in [1.165, 1.54) is 11.8 Å². The van der Waals surface area contributed by atoms with Gasteiger partial charge in [-0.3, -0.25) is 4.98 Å². The summed E-state index contributed by atoms with van der Waals surface area (Å²) >= 11 is 7.32. The van der Waals surface area contributed by atoms with Gasteiger partial charge in [0.25, 0.3) is 0 Å². The zero-order chi connectivity index (χ0) is 8.10. The summed E-state index contributed by atoms with van der Waals surface area (Å²) in [6.07, 6.45) is 3.28. The van der Waals surface area contributed by atoms with E-state index in [9.17, 15) is 0 Å². The van der Waals surface area contributed by atoms with Crippen molar-refractivity contribution in [3.63, 3.8) is 0 Å². The Morgan fingerprint density at radius 2 is 2.45 bits per heavy atom. The number of rotatable bonds is 3. The molecule has 1 heterocycles. The number of aliphatic hydroxyl groups excluding tert-OH is 1. The first-order chi connectivity index (χ1) is 5.34. The molecule has 0 aromatic carbocycles. The predicted molar refractivity (Wildman–Crippen MR) is 47.1 cm³/mol. The van der Waals surface area contributed by atoms with Crippen LogP contribution in [-0.4, -0.2) is 22.5 Å². The molecule has 4 heteroatoms. The summed E-state index contributed by atoms with van der Waals surface area (Å²) in [5, 5.41) is 9.18. The second kappa shape index (κ2) is 4.59. The van der Waals surface area contributed by atoms with E-state index >= 15 is 0 Å². The zero-order valence-electron chi connectivity index (χ0n) is 5.83. The van der Waals surface area contributed by atoms with Gasteiger partial charge in [-0.15, -0.1) is 11.8 Å². The van der Waals surface area contributed by atoms with Gasteiger partial charge >= 0.3 is 0 Å². The molecule has 0 spiro atoms. The van der Waals surface area contributed by atoms with Crippen LogP contribution in [0.4, 0.5) is 0 Å². The van der Waals surface area contributed by atoms with Gasteiger partial charge < -0.3 is 5.11 Å². The summed E-state index contributed by atoms with van der Waals surface area (Å²) in [6, 6.07) is 1.84. The second-order valence-corrected chi connectivity index (χ2v) is 3.42. The van der Waals surface area contributed by atoms with Crippen molar-refractivity contribution in [2.75, 3.05) is 12.4 Å². The molecule has 0 atom stereocenters. The standard InChI is InChI=1S/C7H8ClNOS/c8-6-5-9-2-1-7(6)11-4-3-10/h1-2,5,10H,3-4H2. The number of halogens is 1. The lowest BCUT2D eigenvalue weighted by Gasteiger charge is -1.99. The van der Waals surface area contributed by atoms with Gasteiger partial charge in [0.1, 0.15) is 0 Å². The Bertz CT molecular complexity index is 231. The Balaban J connectivity index is 2.62. The van der Waals surface area contributed by atoms with E-state index in [2.05, 4.69) is 4.98 Å². The number of aromatic nitrogens is 1. The smallest absolute Gasteiger partial charge is 0.0725 e. The van der Waals surface area contributed by atoms with Gasteiger partial charge in [-0.25, -0.2) is 0 Å². The van der Waals surface area contributed by atoms with Gasteiger partial charge in [0.15, 0.2) is 0 Å². The normalized spacial score (nSPS) is 10.0. The van der Waals surface area contributed by atoms with Gasteiger partial charge in [0.05, 0.1) is 11.6 Å². The van der Waals surface area contributed by atoms with Crippen molar-refractivity contribution in [1.29, 1.82) is 0 Å². The minimum Gasteiger partial charge on any atom is -0.396 e. The fourth-order valence-electron chi connectivity index (χ4n) is 0.635. The molecule has 0 aliphatic heterocycles. The van der Waals surface area contributed by atoms with Crippen LogP contribution in [0.1, 0.15) is 0 Å². The number of nitrogens with zero attached hydrogens (tertiary/aromatic N) is 1. The average molecular weight is 190 g/mol. The van der Waals surface area contributed by atoms with Crippen molar-refractivity contribution in [2.45, 2.75) is 4.90 Å². The number of hydrogen-bond donors (Lipinski definition) is 1. The van der Waals surface area contributed by atoms with Gasteiger partial charge in [-0.05, 0) is 6.07 Å². The van der Waals surface area contributed by atoms with E-state index in [-0.39, 0.29) is 6.61 Å². The van der Waals surface area contributed by atoms with Crippen LogP contribution in [0.2, 0.25) is 5.02 Å². The molecule has 1 N–H and O–H groups in total. The Hall–Kier alpha value is -0.250. The number of thioether (sulfide) groups is 1. The maximum Gasteiger partial charge on any atom is 0.0725 e. The van der Waals surface area contributed by atoms with Crippen molar-refractivity contribution in [3.8, 4) is 0 Å². The quantitative estimate of drug-likeness (QED) is 0.737. The van der Waals surface area contributed by atoms with Crippen LogP contribution >= 0.6 is 23.4 Å². The van der Waals surface area contributed by atoms with Crippen LogP contribution in [0.3, 0.4) is 0 Å². The maximum atomic E-state index is 8.54. The maximum absolute atomic E-state index is 8.54. The first-order valence-corrected chi connectivity index (χ1v) is 4.54. The van der Waals surface area contributed by atoms with Crippen molar-refractivity contribution < 1.29 is 5.11 Å². The van der Waals surface area contributed by atoms with E-state index in [4.69, 9.17) is 16.7 Å². The Morgan fingerprint density at radius 1 is 1.64 bits per heavy atom. The third-order valence-electron chi connectivity index (χ3n) is 1.08. The summed E-state index contributed by atoms with van der Waals surface area (Å²) in [7, 11) is 0. The lowest BCUT2D eigenvalue weighted by molar-refractivity contribution is 0.322. The van der Waals surface area contributed by atoms with Crippen molar-refractivity contribution in [1.82, 2.24) is 4.98 Å². The van der Waals surface area contributed by atoms with Crippen LogP contribution in [0.5, 0.6) is 0 Å². The van der Waals surface area contributed by atoms with Crippen LogP contribution in [0, 0.1) is 0 Å². The van der Waals surface area contributed by atoms with Gasteiger partial charge in [-0.2, -0.15) is 0 Å². The number of hydrogen-bond acceptors (Lipinski definition) is 3. The minimum absolute atomic E-state index is 0.170. The van der Waals surface area contributed by atoms with E-state index in [0.717, 1.165) is 4.90 Å². The molecule has 0 aliphatic carbocycles. The molecule has 0 amide bonds. The Labute approximate surface area is 74.6 Å². The molecule has 0 saturated carbocycles. The first-order valence-electron chi connectivity index (χ1n) is 3.18. The fraction of sp³-hybridized carbons (Fsp3) is 0.286. The zero-order valence-corrected chi connectivity index (χ0v) is 7.40. The van der Waals surface area contributed by atoms with Crippen LogP contribution < -0.4 is 0 Å². The van der Waals surface area contributed by atoms with Crippen molar-refractivity contribution >= 4 is 23.4 Å². The highest BCUT2D eigenvalue weighted by Crippen LogP contribution is 2.24. The fourth-order valence-corrected chi connectivity index (χ4v) is 1.58. The molecule has 1 rings (SSSR count). The first kappa shape index (κ1) is 8.84. The molecule has 0 unspecified atom stereocenters. The third kappa shape index (κ3) is 2.69. The Kier molecular flexibility index (Phi) is 3.69. The van der Waals surface area contributed by atoms with Crippen molar-refractivity contribution in [3.05, 3.63) is 23.5 Å². The summed E-state index contributed by atoms with van der Waals surface area (Å²) in [5.41, 5.74) is 0. The topological polar surface area (TPSA) is 33.1 Å². The molecular weight excluding hydrogens is 182 g/mol. The van der Waals surface area contributed by atoms with E-state index in [1.807, 2.05) is 6.07 Å². The van der Waals surface area contributed by atoms with E-state index in [1.54, 1.807) is 12.4 Å². The molecule has 1 aromatic heterocycles. The summed E-state index contributed by atoms with van der Waals surface area (Å²) in [6.45, 7) is 0.170. The summed E-state index contributed by atoms with van der Waals surface area (Å²) in [5.74, 6) is 0.670. The lowest BCUT2D eigenvalue weighted by atomic mass is 10.5. The molecule has 11 heavy (non-hydrogen) atoms. The van der Waals surface area contributed by atoms with E-state index < -0.39 is 0 Å². The molecule has 60 valence electrons. The van der Waals surface area contributed by atoms with Crippen LogP contribution in [0.25, 0.3) is 0 Å². The highest BCUT2D eigenvalue weighted by Gasteiger charge is 1.97.